The highest BCUT2D eigenvalue weighted by Crippen LogP contribution is 2.11. The molecule has 0 aliphatic heterocycles. The Balaban J connectivity index is 3.02. The van der Waals surface area contributed by atoms with E-state index in [0.717, 1.165) is 6.42 Å². The van der Waals surface area contributed by atoms with Crippen LogP contribution >= 0.6 is 0 Å². The molecule has 0 aromatic carbocycles. The number of rotatable bonds is 17. The van der Waals surface area contributed by atoms with Gasteiger partial charge in [-0.15, -0.1) is 0 Å². The van der Waals surface area contributed by atoms with Crippen molar-refractivity contribution >= 4 is 0 Å². The van der Waals surface area contributed by atoms with Crippen LogP contribution in [0.15, 0.2) is 12.2 Å². The third-order valence-electron chi connectivity index (χ3n) is 4.17. The zero-order valence-corrected chi connectivity index (χ0v) is 14.6. The fraction of sp³-hybridized carbons (Fsp3) is 0.900. The van der Waals surface area contributed by atoms with Crippen molar-refractivity contribution in [2.45, 2.75) is 110 Å². The largest absolute Gasteiger partial charge is 0.396 e. The van der Waals surface area contributed by atoms with Gasteiger partial charge in [-0.2, -0.15) is 0 Å². The van der Waals surface area contributed by atoms with Gasteiger partial charge in [0.2, 0.25) is 0 Å². The third-order valence-corrected chi connectivity index (χ3v) is 4.17. The molecule has 0 bridgehead atoms. The van der Waals surface area contributed by atoms with Crippen molar-refractivity contribution in [1.82, 2.24) is 0 Å². The fourth-order valence-electron chi connectivity index (χ4n) is 2.71. The second kappa shape index (κ2) is 19.7. The molecule has 1 heteroatoms. The van der Waals surface area contributed by atoms with Gasteiger partial charge in [-0.1, -0.05) is 89.7 Å². The highest BCUT2D eigenvalue weighted by atomic mass is 16.2. The Hall–Kier alpha value is -0.300. The molecular weight excluding hydrogens is 256 g/mol. The maximum absolute atomic E-state index is 8.69. The molecule has 0 fully saturated rings. The van der Waals surface area contributed by atoms with Gasteiger partial charge in [0.25, 0.3) is 0 Å². The predicted octanol–water partition coefficient (Wildman–Crippen LogP) is 6.80. The van der Waals surface area contributed by atoms with Gasteiger partial charge in [-0.05, 0) is 32.1 Å². The molecule has 0 rings (SSSR count). The monoisotopic (exact) mass is 296 g/mol. The van der Waals surface area contributed by atoms with Gasteiger partial charge in [0.1, 0.15) is 0 Å². The SMILES string of the molecule is CCCCCCCC/C=C/CCCCCCCCCCO. The van der Waals surface area contributed by atoms with Gasteiger partial charge in [0.15, 0.2) is 0 Å². The van der Waals surface area contributed by atoms with Gasteiger partial charge in [0, 0.05) is 6.61 Å². The summed E-state index contributed by atoms with van der Waals surface area (Å²) in [6.45, 7) is 2.64. The lowest BCUT2D eigenvalue weighted by Crippen LogP contribution is -1.84. The van der Waals surface area contributed by atoms with E-state index in [1.165, 1.54) is 96.3 Å². The summed E-state index contributed by atoms with van der Waals surface area (Å²) in [7, 11) is 0. The van der Waals surface area contributed by atoms with E-state index in [2.05, 4.69) is 19.1 Å². The number of aliphatic hydroxyl groups excluding tert-OH is 1. The zero-order valence-electron chi connectivity index (χ0n) is 14.6. The van der Waals surface area contributed by atoms with Crippen molar-refractivity contribution in [1.29, 1.82) is 0 Å². The zero-order chi connectivity index (χ0) is 15.4. The van der Waals surface area contributed by atoms with E-state index in [0.29, 0.717) is 6.61 Å². The minimum atomic E-state index is 0.366. The summed E-state index contributed by atoms with van der Waals surface area (Å²) in [5.74, 6) is 0. The van der Waals surface area contributed by atoms with Crippen molar-refractivity contribution in [3.05, 3.63) is 12.2 Å². The van der Waals surface area contributed by atoms with Crippen LogP contribution in [-0.2, 0) is 0 Å². The van der Waals surface area contributed by atoms with Crippen LogP contribution in [0.2, 0.25) is 0 Å². The molecule has 0 saturated carbocycles. The number of hydrogen-bond donors (Lipinski definition) is 1. The van der Waals surface area contributed by atoms with Crippen molar-refractivity contribution in [3.63, 3.8) is 0 Å². The van der Waals surface area contributed by atoms with E-state index in [-0.39, 0.29) is 0 Å². The quantitative estimate of drug-likeness (QED) is 0.231. The number of aliphatic hydroxyl groups is 1. The lowest BCUT2D eigenvalue weighted by atomic mass is 10.1. The highest BCUT2D eigenvalue weighted by Gasteiger charge is 1.91. The molecule has 0 radical (unpaired) electrons. The van der Waals surface area contributed by atoms with Crippen LogP contribution in [0.25, 0.3) is 0 Å². The topological polar surface area (TPSA) is 20.2 Å². The average molecular weight is 297 g/mol. The molecule has 0 heterocycles. The number of hydrogen-bond acceptors (Lipinski definition) is 1. The van der Waals surface area contributed by atoms with E-state index in [4.69, 9.17) is 5.11 Å². The van der Waals surface area contributed by atoms with Crippen molar-refractivity contribution in [3.8, 4) is 0 Å². The van der Waals surface area contributed by atoms with Crippen LogP contribution in [0.4, 0.5) is 0 Å². The van der Waals surface area contributed by atoms with Crippen LogP contribution in [0, 0.1) is 0 Å². The first-order valence-corrected chi connectivity index (χ1v) is 9.67. The minimum absolute atomic E-state index is 0.366. The first kappa shape index (κ1) is 20.7. The van der Waals surface area contributed by atoms with E-state index in [9.17, 15) is 0 Å². The molecule has 1 nitrogen and oxygen atoms in total. The molecule has 0 saturated heterocycles. The molecule has 0 aliphatic rings. The molecule has 0 aromatic rings. The van der Waals surface area contributed by atoms with Crippen molar-refractivity contribution in [2.75, 3.05) is 6.61 Å². The molecular formula is C20H40O. The second-order valence-electron chi connectivity index (χ2n) is 6.37. The predicted molar refractivity (Wildman–Crippen MR) is 95.8 cm³/mol. The minimum Gasteiger partial charge on any atom is -0.396 e. The molecule has 0 amide bonds. The smallest absolute Gasteiger partial charge is 0.0431 e. The lowest BCUT2D eigenvalue weighted by molar-refractivity contribution is 0.282. The average Bonchev–Trinajstić information content (AvgIpc) is 2.50. The Morgan fingerprint density at radius 2 is 0.905 bits per heavy atom. The first-order chi connectivity index (χ1) is 10.4. The van der Waals surface area contributed by atoms with Gasteiger partial charge in [-0.3, -0.25) is 0 Å². The summed E-state index contributed by atoms with van der Waals surface area (Å²) in [5.41, 5.74) is 0. The van der Waals surface area contributed by atoms with Gasteiger partial charge >= 0.3 is 0 Å². The molecule has 0 aliphatic carbocycles. The Labute approximate surface area is 134 Å². The summed E-state index contributed by atoms with van der Waals surface area (Å²) >= 11 is 0. The Bertz CT molecular complexity index is 198. The molecule has 0 aromatic heterocycles. The molecule has 126 valence electrons. The van der Waals surface area contributed by atoms with E-state index in [1.807, 2.05) is 0 Å². The van der Waals surface area contributed by atoms with Crippen LogP contribution in [0.5, 0.6) is 0 Å². The number of allylic oxidation sites excluding steroid dienone is 2. The van der Waals surface area contributed by atoms with Crippen LogP contribution < -0.4 is 0 Å². The van der Waals surface area contributed by atoms with Crippen LogP contribution in [-0.4, -0.2) is 11.7 Å². The standard InChI is InChI=1S/C20H40O/c1-2-3-4-5-6-7-8-9-10-11-12-13-14-15-16-17-18-19-20-21/h9-10,21H,2-8,11-20H2,1H3/b10-9+. The van der Waals surface area contributed by atoms with E-state index < -0.39 is 0 Å². The summed E-state index contributed by atoms with van der Waals surface area (Å²) < 4.78 is 0. The van der Waals surface area contributed by atoms with Gasteiger partial charge < -0.3 is 5.11 Å². The molecule has 0 unspecified atom stereocenters. The first-order valence-electron chi connectivity index (χ1n) is 9.67. The summed E-state index contributed by atoms with van der Waals surface area (Å²) in [6.07, 6.45) is 26.2. The van der Waals surface area contributed by atoms with Gasteiger partial charge in [-0.25, -0.2) is 0 Å². The molecule has 0 atom stereocenters. The maximum Gasteiger partial charge on any atom is 0.0431 e. The fourth-order valence-corrected chi connectivity index (χ4v) is 2.71. The molecule has 21 heavy (non-hydrogen) atoms. The Kier molecular flexibility index (Phi) is 19.4. The number of unbranched alkanes of at least 4 members (excludes halogenated alkanes) is 14. The maximum atomic E-state index is 8.69. The Morgan fingerprint density at radius 3 is 1.33 bits per heavy atom. The second-order valence-corrected chi connectivity index (χ2v) is 6.37. The summed E-state index contributed by atoms with van der Waals surface area (Å²) in [5, 5.41) is 8.69. The van der Waals surface area contributed by atoms with Gasteiger partial charge in [0.05, 0.1) is 0 Å². The van der Waals surface area contributed by atoms with Crippen molar-refractivity contribution in [2.24, 2.45) is 0 Å². The lowest BCUT2D eigenvalue weighted by Gasteiger charge is -2.00. The molecule has 0 spiro atoms. The van der Waals surface area contributed by atoms with Crippen molar-refractivity contribution < 1.29 is 5.11 Å². The highest BCUT2D eigenvalue weighted by molar-refractivity contribution is 4.81. The van der Waals surface area contributed by atoms with Crippen LogP contribution in [0.1, 0.15) is 110 Å². The Morgan fingerprint density at radius 1 is 0.524 bits per heavy atom. The normalized spacial score (nSPS) is 11.5. The third kappa shape index (κ3) is 19.7. The summed E-state index contributed by atoms with van der Waals surface area (Å²) in [6, 6.07) is 0. The van der Waals surface area contributed by atoms with E-state index >= 15 is 0 Å². The summed E-state index contributed by atoms with van der Waals surface area (Å²) in [4.78, 5) is 0. The van der Waals surface area contributed by atoms with E-state index in [1.54, 1.807) is 0 Å². The van der Waals surface area contributed by atoms with Crippen LogP contribution in [0.3, 0.4) is 0 Å². The molecule has 1 N–H and O–H groups in total.